The highest BCUT2D eigenvalue weighted by Crippen LogP contribution is 1.97. The standard InChI is InChI=1S/C7H14N2O2/c1-9-4-2-3-8-6(5-9)7(10)11/h6,8H,2-5H2,1H3,(H,10,11). The van der Waals surface area contributed by atoms with E-state index in [4.69, 9.17) is 5.11 Å². The lowest BCUT2D eigenvalue weighted by Crippen LogP contribution is -2.42. The number of carbonyl (C=O) groups is 1. The molecule has 0 amide bonds. The summed E-state index contributed by atoms with van der Waals surface area (Å²) >= 11 is 0. The van der Waals surface area contributed by atoms with Gasteiger partial charge < -0.3 is 15.3 Å². The van der Waals surface area contributed by atoms with Crippen LogP contribution in [0.15, 0.2) is 0 Å². The van der Waals surface area contributed by atoms with Crippen molar-refractivity contribution in [1.82, 2.24) is 10.2 Å². The molecule has 0 bridgehead atoms. The smallest absolute Gasteiger partial charge is 0.322 e. The summed E-state index contributed by atoms with van der Waals surface area (Å²) in [6, 6.07) is -0.387. The minimum Gasteiger partial charge on any atom is -0.480 e. The Labute approximate surface area is 66.2 Å². The van der Waals surface area contributed by atoms with E-state index in [0.29, 0.717) is 6.54 Å². The van der Waals surface area contributed by atoms with Gasteiger partial charge in [-0.1, -0.05) is 0 Å². The molecule has 1 saturated heterocycles. The lowest BCUT2D eigenvalue weighted by Gasteiger charge is -2.16. The van der Waals surface area contributed by atoms with Crippen LogP contribution in [0, 0.1) is 0 Å². The minimum atomic E-state index is -0.751. The van der Waals surface area contributed by atoms with Crippen LogP contribution < -0.4 is 5.32 Å². The van der Waals surface area contributed by atoms with Gasteiger partial charge in [0, 0.05) is 6.54 Å². The molecule has 4 heteroatoms. The number of rotatable bonds is 1. The van der Waals surface area contributed by atoms with E-state index in [1.165, 1.54) is 0 Å². The Morgan fingerprint density at radius 2 is 2.45 bits per heavy atom. The van der Waals surface area contributed by atoms with Crippen molar-refractivity contribution in [3.8, 4) is 0 Å². The number of nitrogens with zero attached hydrogens (tertiary/aromatic N) is 1. The summed E-state index contributed by atoms with van der Waals surface area (Å²) in [7, 11) is 1.95. The van der Waals surface area contributed by atoms with E-state index in [0.717, 1.165) is 19.5 Å². The fourth-order valence-corrected chi connectivity index (χ4v) is 1.26. The summed E-state index contributed by atoms with van der Waals surface area (Å²) in [4.78, 5) is 12.6. The molecule has 1 aliphatic heterocycles. The van der Waals surface area contributed by atoms with Gasteiger partial charge in [-0.3, -0.25) is 4.79 Å². The lowest BCUT2D eigenvalue weighted by atomic mass is 10.3. The van der Waals surface area contributed by atoms with E-state index < -0.39 is 5.97 Å². The fraction of sp³-hybridized carbons (Fsp3) is 0.857. The summed E-state index contributed by atoms with van der Waals surface area (Å²) in [5.74, 6) is -0.751. The second-order valence-corrected chi connectivity index (χ2v) is 2.96. The quantitative estimate of drug-likeness (QED) is 0.533. The number of likely N-dealkylation sites (N-methyl/N-ethyl adjacent to an activating group) is 1. The molecule has 1 atom stereocenters. The van der Waals surface area contributed by atoms with Crippen molar-refractivity contribution < 1.29 is 9.90 Å². The van der Waals surface area contributed by atoms with Crippen LogP contribution >= 0.6 is 0 Å². The van der Waals surface area contributed by atoms with E-state index in [1.807, 2.05) is 11.9 Å². The van der Waals surface area contributed by atoms with Crippen LogP contribution in [0.4, 0.5) is 0 Å². The predicted octanol–water partition coefficient (Wildman–Crippen LogP) is -0.635. The number of nitrogens with one attached hydrogen (secondary N) is 1. The highest BCUT2D eigenvalue weighted by atomic mass is 16.4. The van der Waals surface area contributed by atoms with Gasteiger partial charge in [0.1, 0.15) is 6.04 Å². The number of hydrogen-bond donors (Lipinski definition) is 2. The SMILES string of the molecule is CN1CCCNC(C(=O)O)C1. The van der Waals surface area contributed by atoms with E-state index in [1.54, 1.807) is 0 Å². The van der Waals surface area contributed by atoms with Crippen molar-refractivity contribution in [3.63, 3.8) is 0 Å². The summed E-state index contributed by atoms with van der Waals surface area (Å²) in [6.07, 6.45) is 1.03. The monoisotopic (exact) mass is 158 g/mol. The molecule has 1 unspecified atom stereocenters. The number of carboxylic acid groups (broad SMARTS) is 1. The maximum absolute atomic E-state index is 10.6. The van der Waals surface area contributed by atoms with E-state index in [-0.39, 0.29) is 6.04 Å². The highest BCUT2D eigenvalue weighted by molar-refractivity contribution is 5.73. The Hall–Kier alpha value is -0.610. The molecule has 1 fully saturated rings. The lowest BCUT2D eigenvalue weighted by molar-refractivity contribution is -0.139. The molecule has 0 aromatic heterocycles. The molecule has 1 aliphatic rings. The first-order chi connectivity index (χ1) is 5.20. The van der Waals surface area contributed by atoms with Crippen molar-refractivity contribution in [3.05, 3.63) is 0 Å². The molecule has 2 N–H and O–H groups in total. The molecule has 0 aromatic rings. The molecule has 0 radical (unpaired) electrons. The van der Waals surface area contributed by atoms with Gasteiger partial charge in [-0.2, -0.15) is 0 Å². The second kappa shape index (κ2) is 3.69. The topological polar surface area (TPSA) is 52.6 Å². The highest BCUT2D eigenvalue weighted by Gasteiger charge is 2.20. The zero-order chi connectivity index (χ0) is 8.27. The average molecular weight is 158 g/mol. The molecule has 0 aromatic carbocycles. The summed E-state index contributed by atoms with van der Waals surface area (Å²) in [6.45, 7) is 2.40. The Morgan fingerprint density at radius 1 is 1.73 bits per heavy atom. The van der Waals surface area contributed by atoms with Gasteiger partial charge in [0.15, 0.2) is 0 Å². The van der Waals surface area contributed by atoms with Crippen LogP contribution in [0.5, 0.6) is 0 Å². The molecule has 1 heterocycles. The first kappa shape index (κ1) is 8.49. The van der Waals surface area contributed by atoms with Gasteiger partial charge in [0.25, 0.3) is 0 Å². The molecule has 0 saturated carbocycles. The second-order valence-electron chi connectivity index (χ2n) is 2.96. The number of carboxylic acids is 1. The first-order valence-electron chi connectivity index (χ1n) is 3.85. The largest absolute Gasteiger partial charge is 0.480 e. The van der Waals surface area contributed by atoms with Crippen molar-refractivity contribution in [2.24, 2.45) is 0 Å². The molecular weight excluding hydrogens is 144 g/mol. The predicted molar refractivity (Wildman–Crippen MR) is 41.5 cm³/mol. The molecule has 0 spiro atoms. The summed E-state index contributed by atoms with van der Waals surface area (Å²) in [5, 5.41) is 11.7. The number of hydrogen-bond acceptors (Lipinski definition) is 3. The third-order valence-electron chi connectivity index (χ3n) is 1.90. The van der Waals surface area contributed by atoms with Crippen LogP contribution in [0.2, 0.25) is 0 Å². The Balaban J connectivity index is 2.45. The molecule has 0 aliphatic carbocycles. The molecule has 1 rings (SSSR count). The first-order valence-corrected chi connectivity index (χ1v) is 3.85. The average Bonchev–Trinajstić information content (AvgIpc) is 2.13. The van der Waals surface area contributed by atoms with E-state index >= 15 is 0 Å². The van der Waals surface area contributed by atoms with Crippen LogP contribution in [-0.4, -0.2) is 48.7 Å². The molecular formula is C7H14N2O2. The van der Waals surface area contributed by atoms with Crippen molar-refractivity contribution in [2.45, 2.75) is 12.5 Å². The Kier molecular flexibility index (Phi) is 2.84. The maximum atomic E-state index is 10.6. The van der Waals surface area contributed by atoms with Gasteiger partial charge in [-0.25, -0.2) is 0 Å². The summed E-state index contributed by atoms with van der Waals surface area (Å²) in [5.41, 5.74) is 0. The van der Waals surface area contributed by atoms with Gasteiger partial charge in [0.2, 0.25) is 0 Å². The van der Waals surface area contributed by atoms with Gasteiger partial charge in [-0.15, -0.1) is 0 Å². The van der Waals surface area contributed by atoms with Gasteiger partial charge >= 0.3 is 5.97 Å². The molecule has 64 valence electrons. The van der Waals surface area contributed by atoms with Crippen molar-refractivity contribution in [1.29, 1.82) is 0 Å². The van der Waals surface area contributed by atoms with Crippen molar-refractivity contribution in [2.75, 3.05) is 26.7 Å². The van der Waals surface area contributed by atoms with Gasteiger partial charge in [-0.05, 0) is 26.6 Å². The maximum Gasteiger partial charge on any atom is 0.322 e. The zero-order valence-corrected chi connectivity index (χ0v) is 6.71. The van der Waals surface area contributed by atoms with E-state index in [9.17, 15) is 4.79 Å². The van der Waals surface area contributed by atoms with Crippen LogP contribution in [0.1, 0.15) is 6.42 Å². The normalized spacial score (nSPS) is 27.9. The van der Waals surface area contributed by atoms with Crippen molar-refractivity contribution >= 4 is 5.97 Å². The van der Waals surface area contributed by atoms with E-state index in [2.05, 4.69) is 5.32 Å². The minimum absolute atomic E-state index is 0.387. The van der Waals surface area contributed by atoms with Crippen LogP contribution in [0.25, 0.3) is 0 Å². The Morgan fingerprint density at radius 3 is 3.09 bits per heavy atom. The van der Waals surface area contributed by atoms with Crippen LogP contribution in [-0.2, 0) is 4.79 Å². The Bertz CT molecular complexity index is 149. The zero-order valence-electron chi connectivity index (χ0n) is 6.71. The fourth-order valence-electron chi connectivity index (χ4n) is 1.26. The summed E-state index contributed by atoms with van der Waals surface area (Å²) < 4.78 is 0. The molecule has 4 nitrogen and oxygen atoms in total. The number of aliphatic carboxylic acids is 1. The third kappa shape index (κ3) is 2.48. The van der Waals surface area contributed by atoms with Gasteiger partial charge in [0.05, 0.1) is 0 Å². The third-order valence-corrected chi connectivity index (χ3v) is 1.90. The molecule has 11 heavy (non-hydrogen) atoms. The van der Waals surface area contributed by atoms with Crippen LogP contribution in [0.3, 0.4) is 0 Å².